The van der Waals surface area contributed by atoms with Gasteiger partial charge in [0, 0.05) is 13.0 Å². The molecule has 0 aliphatic carbocycles. The number of carboxylic acids is 1. The Labute approximate surface area is 204 Å². The lowest BCUT2D eigenvalue weighted by atomic mass is 9.98. The predicted molar refractivity (Wildman–Crippen MR) is 135 cm³/mol. The molecule has 0 fully saturated rings. The molecule has 5 N–H and O–H groups in total. The van der Waals surface area contributed by atoms with Gasteiger partial charge in [-0.25, -0.2) is 9.59 Å². The van der Waals surface area contributed by atoms with Gasteiger partial charge in [-0.15, -0.1) is 0 Å². The first kappa shape index (κ1) is 25.7. The van der Waals surface area contributed by atoms with Crippen LogP contribution in [0.3, 0.4) is 0 Å². The van der Waals surface area contributed by atoms with Crippen LogP contribution in [0.4, 0.5) is 4.79 Å². The molecule has 0 radical (unpaired) electrons. The Balaban J connectivity index is 1.71. The molecule has 0 aliphatic heterocycles. The van der Waals surface area contributed by atoms with Gasteiger partial charge in [0.25, 0.3) is 0 Å². The smallest absolute Gasteiger partial charge is 0.334 e. The Hall–Kier alpha value is -3.91. The van der Waals surface area contributed by atoms with Crippen molar-refractivity contribution < 1.29 is 24.6 Å². The van der Waals surface area contributed by atoms with Crippen LogP contribution in [0.5, 0.6) is 0 Å². The molecule has 0 spiro atoms. The number of hydrogen-bond donors (Lipinski definition) is 4. The Morgan fingerprint density at radius 1 is 0.914 bits per heavy atom. The van der Waals surface area contributed by atoms with Crippen LogP contribution in [0.1, 0.15) is 19.4 Å². The largest absolute Gasteiger partial charge is 0.479 e. The summed E-state index contributed by atoms with van der Waals surface area (Å²) in [6.07, 6.45) is -1.55. The van der Waals surface area contributed by atoms with E-state index in [0.29, 0.717) is 0 Å². The van der Waals surface area contributed by atoms with Crippen LogP contribution in [0.15, 0.2) is 66.7 Å². The Morgan fingerprint density at radius 3 is 2.14 bits per heavy atom. The third kappa shape index (κ3) is 7.04. The minimum absolute atomic E-state index is 0.0245. The zero-order valence-electron chi connectivity index (χ0n) is 19.8. The van der Waals surface area contributed by atoms with Crippen LogP contribution in [-0.2, 0) is 16.0 Å². The number of benzene rings is 3. The molecule has 3 aromatic rings. The lowest BCUT2D eigenvalue weighted by Crippen LogP contribution is -2.53. The summed E-state index contributed by atoms with van der Waals surface area (Å²) in [6, 6.07) is 20.4. The number of primary amides is 1. The summed E-state index contributed by atoms with van der Waals surface area (Å²) >= 11 is 0. The fraction of sp³-hybridized carbons (Fsp3) is 0.296. The second-order valence-corrected chi connectivity index (χ2v) is 9.02. The van der Waals surface area contributed by atoms with Crippen molar-refractivity contribution in [2.75, 3.05) is 13.1 Å². The quantitative estimate of drug-likeness (QED) is 0.356. The zero-order valence-corrected chi connectivity index (χ0v) is 19.8. The van der Waals surface area contributed by atoms with Crippen molar-refractivity contribution in [3.05, 3.63) is 72.3 Å². The van der Waals surface area contributed by atoms with Crippen molar-refractivity contribution >= 4 is 28.7 Å². The number of hydrogen-bond acceptors (Lipinski definition) is 4. The number of nitrogens with one attached hydrogen (secondary N) is 1. The molecule has 3 rings (SSSR count). The molecule has 184 valence electrons. The van der Waals surface area contributed by atoms with Gasteiger partial charge in [0.2, 0.25) is 5.91 Å². The van der Waals surface area contributed by atoms with Crippen LogP contribution in [-0.4, -0.2) is 58.3 Å². The fourth-order valence-corrected chi connectivity index (χ4v) is 3.87. The molecule has 0 bridgehead atoms. The fourth-order valence-electron chi connectivity index (χ4n) is 3.87. The molecule has 0 saturated heterocycles. The van der Waals surface area contributed by atoms with Gasteiger partial charge in [-0.05, 0) is 39.4 Å². The molecule has 0 heterocycles. The number of nitrogens with zero attached hydrogens (tertiary/aromatic N) is 1. The molecule has 0 aliphatic rings. The van der Waals surface area contributed by atoms with Crippen molar-refractivity contribution in [2.24, 2.45) is 11.7 Å². The summed E-state index contributed by atoms with van der Waals surface area (Å²) in [7, 11) is 0. The van der Waals surface area contributed by atoms with E-state index < -0.39 is 36.6 Å². The number of urea groups is 1. The third-order valence-corrected chi connectivity index (χ3v) is 5.67. The second-order valence-electron chi connectivity index (χ2n) is 9.02. The van der Waals surface area contributed by atoms with Crippen molar-refractivity contribution in [3.63, 3.8) is 0 Å². The number of aliphatic carboxylic acids is 1. The molecular formula is C27H31N3O5. The Bertz CT molecular complexity index is 1190. The number of carbonyl (C=O) groups is 3. The van der Waals surface area contributed by atoms with E-state index in [-0.39, 0.29) is 18.9 Å². The van der Waals surface area contributed by atoms with Gasteiger partial charge in [-0.3, -0.25) is 4.79 Å². The highest BCUT2D eigenvalue weighted by molar-refractivity contribution is 5.88. The molecule has 1 unspecified atom stereocenters. The highest BCUT2D eigenvalue weighted by Gasteiger charge is 2.26. The van der Waals surface area contributed by atoms with Crippen molar-refractivity contribution in [2.45, 2.75) is 32.4 Å². The van der Waals surface area contributed by atoms with Gasteiger partial charge >= 0.3 is 12.0 Å². The van der Waals surface area contributed by atoms with E-state index in [1.807, 2.05) is 50.2 Å². The zero-order chi connectivity index (χ0) is 25.5. The summed E-state index contributed by atoms with van der Waals surface area (Å²) in [5.41, 5.74) is 8.43. The van der Waals surface area contributed by atoms with Gasteiger partial charge in [0.1, 0.15) is 6.04 Å². The molecule has 8 heteroatoms. The van der Waals surface area contributed by atoms with Crippen LogP contribution in [0.2, 0.25) is 0 Å². The third-order valence-electron chi connectivity index (χ3n) is 5.67. The SMILES string of the molecule is CC(C)CN(CC(O)C(=O)O)C(=O)N[C@@H](Cc1ccc(-c2ccc3ccccc3c2)cc1)C(N)=O. The minimum atomic E-state index is -1.73. The summed E-state index contributed by atoms with van der Waals surface area (Å²) < 4.78 is 0. The van der Waals surface area contributed by atoms with Crippen LogP contribution in [0, 0.1) is 5.92 Å². The summed E-state index contributed by atoms with van der Waals surface area (Å²) in [5, 5.41) is 23.6. The van der Waals surface area contributed by atoms with E-state index in [9.17, 15) is 19.5 Å². The van der Waals surface area contributed by atoms with Gasteiger partial charge in [-0.1, -0.05) is 74.5 Å². The molecule has 3 aromatic carbocycles. The molecule has 8 nitrogen and oxygen atoms in total. The van der Waals surface area contributed by atoms with Crippen LogP contribution < -0.4 is 11.1 Å². The molecule has 2 atom stereocenters. The number of rotatable bonds is 10. The Morgan fingerprint density at radius 2 is 1.54 bits per heavy atom. The molecule has 0 aromatic heterocycles. The van der Waals surface area contributed by atoms with Gasteiger partial charge < -0.3 is 26.2 Å². The maximum absolute atomic E-state index is 12.8. The second kappa shape index (κ2) is 11.5. The van der Waals surface area contributed by atoms with E-state index in [0.717, 1.165) is 27.5 Å². The average Bonchev–Trinajstić information content (AvgIpc) is 2.82. The predicted octanol–water partition coefficient (Wildman–Crippen LogP) is 3.02. The number of aliphatic hydroxyl groups is 1. The van der Waals surface area contributed by atoms with E-state index in [1.54, 1.807) is 0 Å². The summed E-state index contributed by atoms with van der Waals surface area (Å²) in [6.45, 7) is 3.53. The van der Waals surface area contributed by atoms with Crippen LogP contribution >= 0.6 is 0 Å². The van der Waals surface area contributed by atoms with Crippen molar-refractivity contribution in [1.29, 1.82) is 0 Å². The van der Waals surface area contributed by atoms with E-state index in [4.69, 9.17) is 10.8 Å². The molecule has 35 heavy (non-hydrogen) atoms. The average molecular weight is 478 g/mol. The first-order chi connectivity index (χ1) is 16.6. The molecule has 0 saturated carbocycles. The maximum Gasteiger partial charge on any atom is 0.334 e. The minimum Gasteiger partial charge on any atom is -0.479 e. The monoisotopic (exact) mass is 477 g/mol. The normalized spacial score (nSPS) is 12.8. The number of amides is 3. The number of carboxylic acid groups (broad SMARTS) is 1. The van der Waals surface area contributed by atoms with Crippen molar-refractivity contribution in [3.8, 4) is 11.1 Å². The highest BCUT2D eigenvalue weighted by atomic mass is 16.4. The van der Waals surface area contributed by atoms with Gasteiger partial charge in [0.15, 0.2) is 6.10 Å². The van der Waals surface area contributed by atoms with E-state index >= 15 is 0 Å². The number of carbonyl (C=O) groups excluding carboxylic acids is 2. The van der Waals surface area contributed by atoms with Crippen molar-refractivity contribution in [1.82, 2.24) is 10.2 Å². The lowest BCUT2D eigenvalue weighted by Gasteiger charge is -2.28. The number of nitrogens with two attached hydrogens (primary N) is 1. The van der Waals surface area contributed by atoms with E-state index in [2.05, 4.69) is 35.6 Å². The maximum atomic E-state index is 12.8. The first-order valence-electron chi connectivity index (χ1n) is 11.5. The first-order valence-corrected chi connectivity index (χ1v) is 11.5. The number of fused-ring (bicyclic) bond motifs is 1. The summed E-state index contributed by atoms with van der Waals surface area (Å²) in [4.78, 5) is 37.1. The van der Waals surface area contributed by atoms with E-state index in [1.165, 1.54) is 4.90 Å². The lowest BCUT2D eigenvalue weighted by molar-refractivity contribution is -0.147. The van der Waals surface area contributed by atoms with Crippen LogP contribution in [0.25, 0.3) is 21.9 Å². The number of aliphatic hydroxyl groups excluding tert-OH is 1. The van der Waals surface area contributed by atoms with Gasteiger partial charge in [0.05, 0.1) is 6.54 Å². The molecular weight excluding hydrogens is 446 g/mol. The van der Waals surface area contributed by atoms with Gasteiger partial charge in [-0.2, -0.15) is 0 Å². The molecule has 3 amide bonds. The standard InChI is InChI=1S/C27H31N3O5/c1-17(2)15-30(16-24(31)26(33)34)27(35)29-23(25(28)32)13-18-7-9-20(10-8-18)22-12-11-19-5-3-4-6-21(19)14-22/h3-12,14,17,23-24,31H,13,15-16H2,1-2H3,(H2,28,32)(H,29,35)(H,33,34)/t23-,24?/m0/s1. The Kier molecular flexibility index (Phi) is 8.43. The topological polar surface area (TPSA) is 133 Å². The summed E-state index contributed by atoms with van der Waals surface area (Å²) in [5.74, 6) is -2.11. The highest BCUT2D eigenvalue weighted by Crippen LogP contribution is 2.25.